The minimum atomic E-state index is -2.82. The van der Waals surface area contributed by atoms with Gasteiger partial charge in [-0.2, -0.15) is 8.78 Å². The van der Waals surface area contributed by atoms with Crippen LogP contribution >= 0.6 is 24.0 Å². The van der Waals surface area contributed by atoms with E-state index in [0.29, 0.717) is 13.1 Å². The molecule has 6 nitrogen and oxygen atoms in total. The van der Waals surface area contributed by atoms with Gasteiger partial charge in [-0.15, -0.1) is 24.0 Å². The number of benzene rings is 1. The summed E-state index contributed by atoms with van der Waals surface area (Å²) in [6, 6.07) is 6.62. The van der Waals surface area contributed by atoms with Gasteiger partial charge in [0.2, 0.25) is 0 Å². The predicted molar refractivity (Wildman–Crippen MR) is 120 cm³/mol. The first-order valence-electron chi connectivity index (χ1n) is 9.27. The molecule has 29 heavy (non-hydrogen) atoms. The zero-order chi connectivity index (χ0) is 20.7. The van der Waals surface area contributed by atoms with Crippen LogP contribution in [0.15, 0.2) is 33.8 Å². The van der Waals surface area contributed by atoms with Gasteiger partial charge in [-0.3, -0.25) is 4.99 Å². The Balaban J connectivity index is 0.00000420. The first-order chi connectivity index (χ1) is 13.3. The van der Waals surface area contributed by atoms with Crippen LogP contribution < -0.4 is 10.1 Å². The van der Waals surface area contributed by atoms with Crippen molar-refractivity contribution in [2.75, 3.05) is 20.1 Å². The fourth-order valence-corrected chi connectivity index (χ4v) is 3.10. The molecule has 2 rings (SSSR count). The zero-order valence-electron chi connectivity index (χ0n) is 17.4. The van der Waals surface area contributed by atoms with Crippen LogP contribution in [0.4, 0.5) is 8.78 Å². The Morgan fingerprint density at radius 2 is 1.93 bits per heavy atom. The number of hydrogen-bond donors (Lipinski definition) is 1. The summed E-state index contributed by atoms with van der Waals surface area (Å²) in [6.07, 6.45) is 0. The molecule has 0 bridgehead atoms. The summed E-state index contributed by atoms with van der Waals surface area (Å²) in [5.41, 5.74) is 2.95. The van der Waals surface area contributed by atoms with Crippen molar-refractivity contribution < 1.29 is 18.0 Å². The maximum atomic E-state index is 12.3. The number of alkyl halides is 2. The molecular formula is C20H29F2IN4O2. The Labute approximate surface area is 187 Å². The van der Waals surface area contributed by atoms with E-state index in [-0.39, 0.29) is 35.6 Å². The second-order valence-electron chi connectivity index (χ2n) is 6.71. The third-order valence-electron chi connectivity index (χ3n) is 4.36. The topological polar surface area (TPSA) is 62.9 Å². The predicted octanol–water partition coefficient (Wildman–Crippen LogP) is 4.71. The normalized spacial score (nSPS) is 12.5. The van der Waals surface area contributed by atoms with Crippen LogP contribution in [-0.2, 0) is 6.54 Å². The molecule has 9 heteroatoms. The molecule has 0 spiro atoms. The van der Waals surface area contributed by atoms with E-state index in [1.807, 2.05) is 32.7 Å². The number of nitrogens with one attached hydrogen (secondary N) is 1. The molecule has 162 valence electrons. The summed E-state index contributed by atoms with van der Waals surface area (Å²) >= 11 is 0. The van der Waals surface area contributed by atoms with Crippen molar-refractivity contribution in [1.82, 2.24) is 15.4 Å². The molecule has 0 radical (unpaired) electrons. The van der Waals surface area contributed by atoms with Gasteiger partial charge in [-0.1, -0.05) is 24.2 Å². The fourth-order valence-electron chi connectivity index (χ4n) is 3.10. The largest absolute Gasteiger partial charge is 0.435 e. The highest BCUT2D eigenvalue weighted by molar-refractivity contribution is 14.0. The zero-order valence-corrected chi connectivity index (χ0v) is 19.7. The van der Waals surface area contributed by atoms with Gasteiger partial charge in [-0.05, 0) is 38.5 Å². The standard InChI is InChI=1S/C20H28F2N4O2.HI/c1-6-23-20(24-11-13(2)18-14(3)25-28-15(18)4)26(5)12-16-7-9-17(10-8-16)27-19(21)22;/h7-10,13,19H,6,11-12H2,1-5H3,(H,23,24);1H. The summed E-state index contributed by atoms with van der Waals surface area (Å²) in [5, 5.41) is 7.29. The Morgan fingerprint density at radius 3 is 2.45 bits per heavy atom. The van der Waals surface area contributed by atoms with Crippen LogP contribution in [-0.4, -0.2) is 42.8 Å². The number of aromatic nitrogens is 1. The molecule has 1 N–H and O–H groups in total. The molecule has 2 aromatic rings. The van der Waals surface area contributed by atoms with E-state index >= 15 is 0 Å². The molecule has 0 aliphatic heterocycles. The van der Waals surface area contributed by atoms with Gasteiger partial charge < -0.3 is 19.5 Å². The van der Waals surface area contributed by atoms with Crippen molar-refractivity contribution in [3.05, 3.63) is 46.8 Å². The third kappa shape index (κ3) is 7.45. The van der Waals surface area contributed by atoms with E-state index in [4.69, 9.17) is 9.52 Å². The number of hydrogen-bond acceptors (Lipinski definition) is 4. The Hall–Kier alpha value is -1.91. The molecule has 0 aliphatic rings. The van der Waals surface area contributed by atoms with Gasteiger partial charge in [-0.25, -0.2) is 0 Å². The highest BCUT2D eigenvalue weighted by Gasteiger charge is 2.17. The summed E-state index contributed by atoms with van der Waals surface area (Å²) in [7, 11) is 1.94. The molecule has 1 aromatic heterocycles. The van der Waals surface area contributed by atoms with E-state index in [2.05, 4.69) is 22.1 Å². The van der Waals surface area contributed by atoms with Gasteiger partial charge in [0, 0.05) is 38.2 Å². The summed E-state index contributed by atoms with van der Waals surface area (Å²) in [5.74, 6) is 1.92. The Bertz CT molecular complexity index is 762. The van der Waals surface area contributed by atoms with Crippen molar-refractivity contribution in [3.63, 3.8) is 0 Å². The molecule has 1 aromatic carbocycles. The molecule has 1 unspecified atom stereocenters. The number of aryl methyl sites for hydroxylation is 2. The van der Waals surface area contributed by atoms with E-state index < -0.39 is 6.61 Å². The summed E-state index contributed by atoms with van der Waals surface area (Å²) < 4.78 is 34.2. The van der Waals surface area contributed by atoms with Gasteiger partial charge >= 0.3 is 6.61 Å². The molecule has 0 aliphatic carbocycles. The maximum absolute atomic E-state index is 12.3. The Morgan fingerprint density at radius 1 is 1.28 bits per heavy atom. The number of aliphatic imine (C=N–C) groups is 1. The van der Waals surface area contributed by atoms with Crippen molar-refractivity contribution >= 4 is 29.9 Å². The van der Waals surface area contributed by atoms with Gasteiger partial charge in [0.15, 0.2) is 5.96 Å². The van der Waals surface area contributed by atoms with Crippen LogP contribution in [0.3, 0.4) is 0 Å². The summed E-state index contributed by atoms with van der Waals surface area (Å²) in [6.45, 7) is 7.06. The van der Waals surface area contributed by atoms with Crippen LogP contribution in [0.5, 0.6) is 5.75 Å². The van der Waals surface area contributed by atoms with Crippen LogP contribution in [0.25, 0.3) is 0 Å². The molecule has 0 saturated carbocycles. The fraction of sp³-hybridized carbons (Fsp3) is 0.500. The SMILES string of the molecule is CCNC(=NCC(C)c1c(C)noc1C)N(C)Cc1ccc(OC(F)F)cc1.I. The maximum Gasteiger partial charge on any atom is 0.387 e. The average Bonchev–Trinajstić information content (AvgIpc) is 2.98. The van der Waals surface area contributed by atoms with Gasteiger partial charge in [0.25, 0.3) is 0 Å². The highest BCUT2D eigenvalue weighted by atomic mass is 127. The smallest absolute Gasteiger partial charge is 0.387 e. The van der Waals surface area contributed by atoms with Crippen LogP contribution in [0.2, 0.25) is 0 Å². The second kappa shape index (κ2) is 11.9. The first kappa shape index (κ1) is 25.1. The van der Waals surface area contributed by atoms with Crippen molar-refractivity contribution in [3.8, 4) is 5.75 Å². The quantitative estimate of drug-likeness (QED) is 0.309. The lowest BCUT2D eigenvalue weighted by Crippen LogP contribution is -2.38. The lowest BCUT2D eigenvalue weighted by molar-refractivity contribution is -0.0498. The van der Waals surface area contributed by atoms with E-state index in [1.54, 1.807) is 24.3 Å². The number of halogens is 3. The Kier molecular flexibility index (Phi) is 10.3. The highest BCUT2D eigenvalue weighted by Crippen LogP contribution is 2.23. The van der Waals surface area contributed by atoms with E-state index in [0.717, 1.165) is 35.1 Å². The lowest BCUT2D eigenvalue weighted by Gasteiger charge is -2.23. The molecule has 0 amide bonds. The number of guanidine groups is 1. The van der Waals surface area contributed by atoms with Crippen molar-refractivity contribution in [2.45, 2.75) is 46.8 Å². The molecular weight excluding hydrogens is 493 g/mol. The average molecular weight is 522 g/mol. The van der Waals surface area contributed by atoms with Gasteiger partial charge in [0.05, 0.1) is 5.69 Å². The monoisotopic (exact) mass is 522 g/mol. The number of ether oxygens (including phenoxy) is 1. The summed E-state index contributed by atoms with van der Waals surface area (Å²) in [4.78, 5) is 6.74. The lowest BCUT2D eigenvalue weighted by atomic mass is 10.00. The van der Waals surface area contributed by atoms with Crippen molar-refractivity contribution in [1.29, 1.82) is 0 Å². The number of nitrogens with zero attached hydrogens (tertiary/aromatic N) is 3. The molecule has 0 saturated heterocycles. The third-order valence-corrected chi connectivity index (χ3v) is 4.36. The van der Waals surface area contributed by atoms with E-state index in [9.17, 15) is 8.78 Å². The minimum Gasteiger partial charge on any atom is -0.435 e. The van der Waals surface area contributed by atoms with Crippen LogP contribution in [0.1, 0.15) is 42.3 Å². The minimum absolute atomic E-state index is 0. The number of rotatable bonds is 8. The van der Waals surface area contributed by atoms with Crippen LogP contribution in [0, 0.1) is 13.8 Å². The van der Waals surface area contributed by atoms with Gasteiger partial charge in [0.1, 0.15) is 11.5 Å². The molecule has 1 atom stereocenters. The van der Waals surface area contributed by atoms with E-state index in [1.165, 1.54) is 0 Å². The first-order valence-corrected chi connectivity index (χ1v) is 9.27. The second-order valence-corrected chi connectivity index (χ2v) is 6.71. The van der Waals surface area contributed by atoms with Crippen molar-refractivity contribution in [2.24, 2.45) is 4.99 Å². The molecule has 0 fully saturated rings. The molecule has 1 heterocycles.